The number of alkyl halides is 1. The molecule has 76 valence electrons. The minimum absolute atomic E-state index is 0.455. The van der Waals surface area contributed by atoms with Crippen LogP contribution in [-0.4, -0.2) is 5.33 Å². The summed E-state index contributed by atoms with van der Waals surface area (Å²) >= 11 is 3.67. The SMILES string of the molecule is Cc1cc(C)cc(C2(CBr)CCC2)c1. The third kappa shape index (κ3) is 1.63. The maximum atomic E-state index is 3.67. The molecule has 0 bridgehead atoms. The second kappa shape index (κ2) is 3.69. The maximum absolute atomic E-state index is 3.67. The average molecular weight is 253 g/mol. The summed E-state index contributed by atoms with van der Waals surface area (Å²) in [5, 5.41) is 1.11. The lowest BCUT2D eigenvalue weighted by molar-refractivity contribution is 0.280. The van der Waals surface area contributed by atoms with Crippen LogP contribution in [0.1, 0.15) is 36.0 Å². The Labute approximate surface area is 94.8 Å². The molecule has 0 aromatic heterocycles. The van der Waals surface area contributed by atoms with Crippen molar-refractivity contribution in [2.75, 3.05) is 5.33 Å². The molecular weight excluding hydrogens is 236 g/mol. The fourth-order valence-electron chi connectivity index (χ4n) is 2.38. The van der Waals surface area contributed by atoms with E-state index in [-0.39, 0.29) is 0 Å². The van der Waals surface area contributed by atoms with Crippen LogP contribution < -0.4 is 0 Å². The second-order valence-electron chi connectivity index (χ2n) is 4.64. The molecule has 0 heterocycles. The topological polar surface area (TPSA) is 0 Å². The van der Waals surface area contributed by atoms with Gasteiger partial charge in [-0.2, -0.15) is 0 Å². The Morgan fingerprint density at radius 1 is 1.14 bits per heavy atom. The lowest BCUT2D eigenvalue weighted by atomic mass is 9.65. The molecule has 0 radical (unpaired) electrons. The highest BCUT2D eigenvalue weighted by atomic mass is 79.9. The molecule has 2 rings (SSSR count). The molecule has 1 heteroatoms. The van der Waals surface area contributed by atoms with E-state index in [9.17, 15) is 0 Å². The highest BCUT2D eigenvalue weighted by molar-refractivity contribution is 9.09. The molecule has 0 unspecified atom stereocenters. The minimum atomic E-state index is 0.455. The van der Waals surface area contributed by atoms with Gasteiger partial charge < -0.3 is 0 Å². The predicted octanol–water partition coefficient (Wildman–Crippen LogP) is 4.12. The van der Waals surface area contributed by atoms with Crippen molar-refractivity contribution in [1.29, 1.82) is 0 Å². The summed E-state index contributed by atoms with van der Waals surface area (Å²) in [4.78, 5) is 0. The fraction of sp³-hybridized carbons (Fsp3) is 0.538. The normalized spacial score (nSPS) is 19.1. The van der Waals surface area contributed by atoms with E-state index < -0.39 is 0 Å². The van der Waals surface area contributed by atoms with Crippen LogP contribution in [0.2, 0.25) is 0 Å². The van der Waals surface area contributed by atoms with Gasteiger partial charge in [0.15, 0.2) is 0 Å². The molecule has 0 amide bonds. The number of rotatable bonds is 2. The van der Waals surface area contributed by atoms with Crippen LogP contribution in [0, 0.1) is 13.8 Å². The molecule has 0 atom stereocenters. The van der Waals surface area contributed by atoms with Crippen LogP contribution in [-0.2, 0) is 5.41 Å². The summed E-state index contributed by atoms with van der Waals surface area (Å²) < 4.78 is 0. The summed E-state index contributed by atoms with van der Waals surface area (Å²) in [6.45, 7) is 4.38. The maximum Gasteiger partial charge on any atom is 0.0129 e. The van der Waals surface area contributed by atoms with Gasteiger partial charge in [-0.1, -0.05) is 51.7 Å². The molecule has 1 aromatic carbocycles. The van der Waals surface area contributed by atoms with Crippen LogP contribution in [0.5, 0.6) is 0 Å². The Morgan fingerprint density at radius 3 is 2.07 bits per heavy atom. The van der Waals surface area contributed by atoms with E-state index in [0.29, 0.717) is 5.41 Å². The van der Waals surface area contributed by atoms with Crippen molar-refractivity contribution in [2.24, 2.45) is 0 Å². The summed E-state index contributed by atoms with van der Waals surface area (Å²) in [7, 11) is 0. The number of hydrogen-bond acceptors (Lipinski definition) is 0. The smallest absolute Gasteiger partial charge is 0.0129 e. The predicted molar refractivity (Wildman–Crippen MR) is 65.2 cm³/mol. The van der Waals surface area contributed by atoms with E-state index in [2.05, 4.69) is 48.0 Å². The van der Waals surface area contributed by atoms with E-state index >= 15 is 0 Å². The second-order valence-corrected chi connectivity index (χ2v) is 5.20. The van der Waals surface area contributed by atoms with Gasteiger partial charge in [0.1, 0.15) is 0 Å². The quantitative estimate of drug-likeness (QED) is 0.695. The zero-order valence-electron chi connectivity index (χ0n) is 8.94. The zero-order valence-corrected chi connectivity index (χ0v) is 10.5. The standard InChI is InChI=1S/C13H17Br/c1-10-6-11(2)8-12(7-10)13(9-14)4-3-5-13/h6-8H,3-5,9H2,1-2H3. The van der Waals surface area contributed by atoms with Crippen molar-refractivity contribution in [2.45, 2.75) is 38.5 Å². The molecule has 14 heavy (non-hydrogen) atoms. The van der Waals surface area contributed by atoms with Crippen molar-refractivity contribution in [1.82, 2.24) is 0 Å². The molecule has 0 spiro atoms. The third-order valence-corrected chi connectivity index (χ3v) is 4.47. The van der Waals surface area contributed by atoms with Gasteiger partial charge in [0, 0.05) is 10.7 Å². The molecule has 1 aromatic rings. The van der Waals surface area contributed by atoms with Crippen molar-refractivity contribution in [3.8, 4) is 0 Å². The summed E-state index contributed by atoms with van der Waals surface area (Å²) in [5.41, 5.74) is 4.79. The van der Waals surface area contributed by atoms with E-state index in [1.54, 1.807) is 0 Å². The number of halogens is 1. The first-order valence-corrected chi connectivity index (χ1v) is 6.43. The summed E-state index contributed by atoms with van der Waals surface area (Å²) in [6.07, 6.45) is 4.08. The summed E-state index contributed by atoms with van der Waals surface area (Å²) in [6, 6.07) is 6.96. The molecule has 1 fully saturated rings. The first kappa shape index (κ1) is 10.2. The minimum Gasteiger partial charge on any atom is -0.0918 e. The van der Waals surface area contributed by atoms with E-state index in [1.807, 2.05) is 0 Å². The largest absolute Gasteiger partial charge is 0.0918 e. The van der Waals surface area contributed by atoms with Crippen LogP contribution in [0.4, 0.5) is 0 Å². The van der Waals surface area contributed by atoms with Crippen LogP contribution in [0.25, 0.3) is 0 Å². The lowest BCUT2D eigenvalue weighted by Crippen LogP contribution is -2.35. The Bertz CT molecular complexity index is 311. The molecule has 0 N–H and O–H groups in total. The Hall–Kier alpha value is -0.300. The molecule has 0 saturated heterocycles. The highest BCUT2D eigenvalue weighted by Crippen LogP contribution is 2.45. The summed E-state index contributed by atoms with van der Waals surface area (Å²) in [5.74, 6) is 0. The zero-order chi connectivity index (χ0) is 10.2. The molecule has 1 aliphatic carbocycles. The van der Waals surface area contributed by atoms with E-state index in [0.717, 1.165) is 5.33 Å². The van der Waals surface area contributed by atoms with Crippen molar-refractivity contribution in [3.05, 3.63) is 34.9 Å². The Kier molecular flexibility index (Phi) is 2.70. The Morgan fingerprint density at radius 2 is 1.71 bits per heavy atom. The molecule has 1 saturated carbocycles. The van der Waals surface area contributed by atoms with Crippen molar-refractivity contribution in [3.63, 3.8) is 0 Å². The van der Waals surface area contributed by atoms with Gasteiger partial charge in [-0.25, -0.2) is 0 Å². The van der Waals surface area contributed by atoms with Crippen molar-refractivity contribution >= 4 is 15.9 Å². The molecule has 0 nitrogen and oxygen atoms in total. The van der Waals surface area contributed by atoms with Gasteiger partial charge in [-0.15, -0.1) is 0 Å². The van der Waals surface area contributed by atoms with Gasteiger partial charge in [0.2, 0.25) is 0 Å². The monoisotopic (exact) mass is 252 g/mol. The Balaban J connectivity index is 2.39. The number of hydrogen-bond donors (Lipinski definition) is 0. The van der Waals surface area contributed by atoms with Crippen LogP contribution >= 0.6 is 15.9 Å². The van der Waals surface area contributed by atoms with Gasteiger partial charge in [-0.3, -0.25) is 0 Å². The van der Waals surface area contributed by atoms with E-state index in [4.69, 9.17) is 0 Å². The average Bonchev–Trinajstić information content (AvgIpc) is 2.01. The third-order valence-electron chi connectivity index (χ3n) is 3.40. The van der Waals surface area contributed by atoms with E-state index in [1.165, 1.54) is 36.0 Å². The molecular formula is C13H17Br. The van der Waals surface area contributed by atoms with Gasteiger partial charge >= 0.3 is 0 Å². The molecule has 1 aliphatic rings. The first-order chi connectivity index (χ1) is 6.66. The fourth-order valence-corrected chi connectivity index (χ4v) is 3.27. The van der Waals surface area contributed by atoms with Gasteiger partial charge in [-0.05, 0) is 32.3 Å². The highest BCUT2D eigenvalue weighted by Gasteiger charge is 2.37. The van der Waals surface area contributed by atoms with Gasteiger partial charge in [0.25, 0.3) is 0 Å². The molecule has 0 aliphatic heterocycles. The van der Waals surface area contributed by atoms with Gasteiger partial charge in [0.05, 0.1) is 0 Å². The van der Waals surface area contributed by atoms with Crippen LogP contribution in [0.3, 0.4) is 0 Å². The van der Waals surface area contributed by atoms with Crippen molar-refractivity contribution < 1.29 is 0 Å². The number of benzene rings is 1. The van der Waals surface area contributed by atoms with Crippen LogP contribution in [0.15, 0.2) is 18.2 Å². The number of aryl methyl sites for hydroxylation is 2. The first-order valence-electron chi connectivity index (χ1n) is 5.31. The lowest BCUT2D eigenvalue weighted by Gasteiger charge is -2.41.